The van der Waals surface area contributed by atoms with Gasteiger partial charge in [0.1, 0.15) is 18.4 Å². The summed E-state index contributed by atoms with van der Waals surface area (Å²) >= 11 is 0. The molecule has 0 aliphatic rings. The van der Waals surface area contributed by atoms with E-state index in [1.165, 1.54) is 28.3 Å². The Morgan fingerprint density at radius 1 is 1.27 bits per heavy atom. The Kier molecular flexibility index (Phi) is 47.1. The quantitative estimate of drug-likeness (QED) is 0.257. The molecule has 0 spiro atoms. The van der Waals surface area contributed by atoms with E-state index in [9.17, 15) is 18.0 Å². The van der Waals surface area contributed by atoms with Gasteiger partial charge in [0, 0.05) is 6.42 Å². The lowest BCUT2D eigenvalue weighted by Gasteiger charge is -1.71. The number of sulfonamides is 1. The van der Waals surface area contributed by atoms with Gasteiger partial charge in [-0.1, -0.05) is 19.0 Å². The van der Waals surface area contributed by atoms with Crippen LogP contribution in [0.1, 0.15) is 34.1 Å². The van der Waals surface area contributed by atoms with Crippen LogP contribution in [-0.2, 0) is 29.2 Å². The van der Waals surface area contributed by atoms with Crippen LogP contribution in [0.25, 0.3) is 0 Å². The van der Waals surface area contributed by atoms with Gasteiger partial charge >= 0.3 is 7.48 Å². The Bertz CT molecular complexity index is 342. The van der Waals surface area contributed by atoms with Crippen molar-refractivity contribution >= 4 is 35.9 Å². The van der Waals surface area contributed by atoms with Crippen LogP contribution in [0.4, 0.5) is 0 Å². The molecule has 8 nitrogen and oxygen atoms in total. The zero-order chi connectivity index (χ0) is 19.0. The Balaban J connectivity index is -0.0000000559. The van der Waals surface area contributed by atoms with Crippen molar-refractivity contribution in [1.82, 2.24) is 0 Å². The molecule has 0 bridgehead atoms. The summed E-state index contributed by atoms with van der Waals surface area (Å²) in [6, 6.07) is 0. The first-order valence-corrected chi connectivity index (χ1v) is 7.91. The molecule has 0 unspecified atom stereocenters. The van der Waals surface area contributed by atoms with Gasteiger partial charge in [0.2, 0.25) is 10.0 Å². The van der Waals surface area contributed by atoms with Crippen LogP contribution < -0.4 is 5.14 Å². The summed E-state index contributed by atoms with van der Waals surface area (Å²) in [7, 11) is -1.99. The van der Waals surface area contributed by atoms with Crippen LogP contribution in [0.3, 0.4) is 0 Å². The van der Waals surface area contributed by atoms with Gasteiger partial charge in [-0.25, -0.2) is 13.6 Å². The third-order valence-electron chi connectivity index (χ3n) is 0.573. The molecule has 0 heterocycles. The van der Waals surface area contributed by atoms with E-state index in [1.54, 1.807) is 6.82 Å². The number of hydrogen-bond donors (Lipinski definition) is 2. The lowest BCUT2D eigenvalue weighted by molar-refractivity contribution is -0.137. The molecule has 0 aliphatic heterocycles. The van der Waals surface area contributed by atoms with Gasteiger partial charge in [0.15, 0.2) is 0 Å². The van der Waals surface area contributed by atoms with E-state index >= 15 is 0 Å². The summed E-state index contributed by atoms with van der Waals surface area (Å²) in [5.41, 5.74) is 0. The van der Waals surface area contributed by atoms with E-state index in [1.807, 2.05) is 19.1 Å². The van der Waals surface area contributed by atoms with Crippen LogP contribution >= 0.6 is 0 Å². The van der Waals surface area contributed by atoms with Crippen LogP contribution in [0.15, 0.2) is 12.2 Å². The van der Waals surface area contributed by atoms with Crippen molar-refractivity contribution in [3.8, 4) is 0 Å². The maximum atomic E-state index is 9.51. The zero-order valence-electron chi connectivity index (χ0n) is 14.0. The average Bonchev–Trinajstić information content (AvgIpc) is 2.35. The number of carbonyl (C=O) groups excluding carboxylic acids is 3. The van der Waals surface area contributed by atoms with Crippen molar-refractivity contribution in [2.75, 3.05) is 6.26 Å². The molecule has 10 heteroatoms. The second-order valence-electron chi connectivity index (χ2n) is 3.29. The molecule has 0 saturated heterocycles. The molecule has 0 atom stereocenters. The SMILES string of the molecule is CC(C)=O.CC=CCC=O.CC=O.CS(N)(=O)=O.C[B]OO. The fraction of sp³-hybridized carbons (Fsp3) is 0.583. The summed E-state index contributed by atoms with van der Waals surface area (Å²) in [4.78, 5) is 31.2. The van der Waals surface area contributed by atoms with E-state index < -0.39 is 10.0 Å². The molecular formula is C12H27BNO7S. The zero-order valence-corrected chi connectivity index (χ0v) is 14.8. The standard InChI is InChI=1S/C5H8O.C3H6O.C2H4O.CH4BO2.CH5NO2S/c1-2-3-4-5-6;1-3(2)4;1-2-3;1-2-4-3;1-5(2,3)4/h2-3,5H,4H2,1H3;1-2H3;2H,1H3;3H,1H3;1H3,(H2,2,3,4). The molecule has 0 amide bonds. The van der Waals surface area contributed by atoms with Crippen LogP contribution in [0.5, 0.6) is 0 Å². The second kappa shape index (κ2) is 31.8. The number of nitrogens with two attached hydrogens (primary N) is 1. The molecule has 0 aromatic carbocycles. The summed E-state index contributed by atoms with van der Waals surface area (Å²) in [6.07, 6.45) is 6.78. The van der Waals surface area contributed by atoms with Gasteiger partial charge in [-0.2, -0.15) is 0 Å². The molecule has 0 fully saturated rings. The fourth-order valence-corrected chi connectivity index (χ4v) is 0.192. The topological polar surface area (TPSA) is 141 Å². The minimum absolute atomic E-state index is 0.167. The van der Waals surface area contributed by atoms with Crippen LogP contribution in [0.2, 0.25) is 6.82 Å². The van der Waals surface area contributed by atoms with Crippen molar-refractivity contribution in [1.29, 1.82) is 0 Å². The highest BCUT2D eigenvalue weighted by molar-refractivity contribution is 7.88. The fourth-order valence-electron chi connectivity index (χ4n) is 0.192. The summed E-state index contributed by atoms with van der Waals surface area (Å²) in [6.45, 7) is 7.98. The smallest absolute Gasteiger partial charge is 0.314 e. The molecule has 0 aliphatic carbocycles. The highest BCUT2D eigenvalue weighted by atomic mass is 32.2. The Morgan fingerprint density at radius 3 is 1.55 bits per heavy atom. The third kappa shape index (κ3) is 830. The van der Waals surface area contributed by atoms with Gasteiger partial charge in [0.05, 0.1) is 6.26 Å². The molecule has 0 rings (SSSR count). The molecule has 22 heavy (non-hydrogen) atoms. The lowest BCUT2D eigenvalue weighted by atomic mass is 10.1. The van der Waals surface area contributed by atoms with Crippen molar-refractivity contribution in [2.24, 2.45) is 5.14 Å². The molecule has 131 valence electrons. The van der Waals surface area contributed by atoms with Gasteiger partial charge in [-0.05, 0) is 27.7 Å². The summed E-state index contributed by atoms with van der Waals surface area (Å²) < 4.78 is 18.8. The lowest BCUT2D eigenvalue weighted by Crippen LogP contribution is -2.07. The van der Waals surface area contributed by atoms with Crippen LogP contribution in [-0.4, -0.2) is 45.8 Å². The maximum absolute atomic E-state index is 9.51. The predicted molar refractivity (Wildman–Crippen MR) is 88.0 cm³/mol. The monoisotopic (exact) mass is 340 g/mol. The first kappa shape index (κ1) is 32.6. The van der Waals surface area contributed by atoms with Gasteiger partial charge in [-0.3, -0.25) is 5.26 Å². The molecule has 3 N–H and O–H groups in total. The van der Waals surface area contributed by atoms with E-state index in [-0.39, 0.29) is 5.78 Å². The number of hydrogen-bond acceptors (Lipinski definition) is 7. The van der Waals surface area contributed by atoms with Crippen molar-refractivity contribution < 1.29 is 32.9 Å². The third-order valence-corrected chi connectivity index (χ3v) is 0.573. The Labute approximate surface area is 134 Å². The highest BCUT2D eigenvalue weighted by Gasteiger charge is 1.78. The predicted octanol–water partition coefficient (Wildman–Crippen LogP) is 1.00. The number of Topliss-reactive ketones (excluding diaryl/α,β-unsaturated/α-hetero) is 1. The maximum Gasteiger partial charge on any atom is 0.340 e. The number of rotatable bonds is 3. The van der Waals surface area contributed by atoms with E-state index in [0.29, 0.717) is 6.42 Å². The number of primary sulfonamides is 1. The Hall–Kier alpha value is -1.36. The summed E-state index contributed by atoms with van der Waals surface area (Å²) in [5.74, 6) is 0.167. The molecule has 0 aromatic rings. The first-order valence-electron chi connectivity index (χ1n) is 5.95. The normalized spacial score (nSPS) is 8.18. The average molecular weight is 340 g/mol. The second-order valence-corrected chi connectivity index (χ2v) is 4.95. The molecule has 0 saturated carbocycles. The number of carbonyl (C=O) groups is 3. The molecule has 0 aromatic heterocycles. The van der Waals surface area contributed by atoms with Gasteiger partial charge < -0.3 is 19.2 Å². The van der Waals surface area contributed by atoms with Crippen molar-refractivity contribution in [3.63, 3.8) is 0 Å². The van der Waals surface area contributed by atoms with Crippen LogP contribution in [0, 0.1) is 0 Å². The van der Waals surface area contributed by atoms with Gasteiger partial charge in [0.25, 0.3) is 0 Å². The molecule has 1 radical (unpaired) electrons. The summed E-state index contributed by atoms with van der Waals surface area (Å²) in [5, 5.41) is 11.6. The largest absolute Gasteiger partial charge is 0.340 e. The van der Waals surface area contributed by atoms with E-state index in [4.69, 9.17) is 10.1 Å². The minimum Gasteiger partial charge on any atom is -0.314 e. The Morgan fingerprint density at radius 2 is 1.50 bits per heavy atom. The highest BCUT2D eigenvalue weighted by Crippen LogP contribution is 1.71. The number of aldehydes is 2. The molecular weight excluding hydrogens is 313 g/mol. The van der Waals surface area contributed by atoms with Crippen molar-refractivity contribution in [2.45, 2.75) is 40.9 Å². The van der Waals surface area contributed by atoms with E-state index in [2.05, 4.69) is 9.94 Å². The number of allylic oxidation sites excluding steroid dienone is 2. The minimum atomic E-state index is -3.17. The first-order chi connectivity index (χ1) is 9.97. The van der Waals surface area contributed by atoms with Gasteiger partial charge in [-0.15, -0.1) is 0 Å². The van der Waals surface area contributed by atoms with E-state index in [0.717, 1.165) is 18.8 Å². The van der Waals surface area contributed by atoms with Crippen molar-refractivity contribution in [3.05, 3.63) is 12.2 Å². The number of ketones is 1.